The summed E-state index contributed by atoms with van der Waals surface area (Å²) in [5.41, 5.74) is 3.20. The number of nitrogens with zero attached hydrogens (tertiary/aromatic N) is 2. The molecular formula is C22H28N4O2. The Morgan fingerprint density at radius 2 is 1.96 bits per heavy atom. The number of carbonyl (C=O) groups is 1. The molecule has 0 saturated carbocycles. The zero-order valence-corrected chi connectivity index (χ0v) is 16.5. The minimum Gasteiger partial charge on any atom is -0.380 e. The summed E-state index contributed by atoms with van der Waals surface area (Å²) >= 11 is 0. The van der Waals surface area contributed by atoms with Crippen LogP contribution in [-0.4, -0.2) is 38.1 Å². The van der Waals surface area contributed by atoms with Crippen molar-refractivity contribution in [3.05, 3.63) is 65.7 Å². The summed E-state index contributed by atoms with van der Waals surface area (Å²) in [6.07, 6.45) is 0.461. The number of nitrogens with one attached hydrogen (secondary N) is 2. The van der Waals surface area contributed by atoms with Crippen molar-refractivity contribution in [2.45, 2.75) is 32.5 Å². The van der Waals surface area contributed by atoms with Crippen LogP contribution in [0.3, 0.4) is 0 Å². The highest BCUT2D eigenvalue weighted by Crippen LogP contribution is 2.21. The molecule has 1 unspecified atom stereocenters. The fourth-order valence-electron chi connectivity index (χ4n) is 3.33. The lowest BCUT2D eigenvalue weighted by Gasteiger charge is -2.19. The van der Waals surface area contributed by atoms with Crippen molar-refractivity contribution in [2.75, 3.05) is 25.1 Å². The maximum atomic E-state index is 12.4. The number of benzene rings is 2. The van der Waals surface area contributed by atoms with Crippen molar-refractivity contribution in [3.8, 4) is 0 Å². The number of aliphatic imine (C=N–C) groups is 1. The third-order valence-electron chi connectivity index (χ3n) is 4.60. The van der Waals surface area contributed by atoms with Crippen LogP contribution in [0.5, 0.6) is 0 Å². The van der Waals surface area contributed by atoms with E-state index in [9.17, 15) is 4.79 Å². The molecule has 2 aromatic rings. The van der Waals surface area contributed by atoms with E-state index in [2.05, 4.69) is 22.8 Å². The monoisotopic (exact) mass is 380 g/mol. The average molecular weight is 380 g/mol. The number of rotatable bonds is 7. The second-order valence-electron chi connectivity index (χ2n) is 6.83. The average Bonchev–Trinajstić information content (AvgIpc) is 3.08. The summed E-state index contributed by atoms with van der Waals surface area (Å²) in [7, 11) is 1.69. The van der Waals surface area contributed by atoms with Crippen molar-refractivity contribution >= 4 is 17.6 Å². The van der Waals surface area contributed by atoms with Crippen LogP contribution >= 0.6 is 0 Å². The molecule has 2 N–H and O–H groups in total. The van der Waals surface area contributed by atoms with E-state index in [-0.39, 0.29) is 11.9 Å². The van der Waals surface area contributed by atoms with E-state index in [1.54, 1.807) is 7.11 Å². The molecule has 1 fully saturated rings. The molecule has 148 valence electrons. The molecule has 6 heteroatoms. The number of carbonyl (C=O) groups excluding carboxylic acids is 1. The summed E-state index contributed by atoms with van der Waals surface area (Å²) in [6, 6.07) is 18.0. The highest BCUT2D eigenvalue weighted by Gasteiger charge is 2.31. The third kappa shape index (κ3) is 5.33. The lowest BCUT2D eigenvalue weighted by atomic mass is 10.1. The van der Waals surface area contributed by atoms with Crippen molar-refractivity contribution in [1.29, 1.82) is 0 Å². The summed E-state index contributed by atoms with van der Waals surface area (Å²) in [6.45, 7) is 4.59. The van der Waals surface area contributed by atoms with Crippen LogP contribution in [0, 0.1) is 0 Å². The lowest BCUT2D eigenvalue weighted by Crippen LogP contribution is -2.44. The van der Waals surface area contributed by atoms with Gasteiger partial charge in [-0.2, -0.15) is 0 Å². The molecule has 28 heavy (non-hydrogen) atoms. The Kier molecular flexibility index (Phi) is 7.03. The Balaban J connectivity index is 1.63. The Hall–Kier alpha value is -2.86. The van der Waals surface area contributed by atoms with Gasteiger partial charge in [0.05, 0.1) is 19.2 Å². The van der Waals surface area contributed by atoms with E-state index in [0.29, 0.717) is 26.1 Å². The van der Waals surface area contributed by atoms with Crippen LogP contribution in [0.15, 0.2) is 59.6 Å². The number of hydrogen-bond acceptors (Lipinski definition) is 3. The van der Waals surface area contributed by atoms with Crippen LogP contribution in [0.25, 0.3) is 0 Å². The predicted octanol–water partition coefficient (Wildman–Crippen LogP) is 2.69. The highest BCUT2D eigenvalue weighted by atomic mass is 16.5. The molecule has 1 aliphatic heterocycles. The molecule has 1 amide bonds. The van der Waals surface area contributed by atoms with Crippen molar-refractivity contribution in [1.82, 2.24) is 10.6 Å². The molecule has 6 nitrogen and oxygen atoms in total. The number of methoxy groups -OCH3 is 1. The van der Waals surface area contributed by atoms with Gasteiger partial charge in [0.25, 0.3) is 0 Å². The highest BCUT2D eigenvalue weighted by molar-refractivity contribution is 5.97. The number of amides is 1. The first-order valence-corrected chi connectivity index (χ1v) is 9.66. The van der Waals surface area contributed by atoms with Gasteiger partial charge in [0.2, 0.25) is 5.91 Å². The quantitative estimate of drug-likeness (QED) is 0.573. The maximum Gasteiger partial charge on any atom is 0.229 e. The summed E-state index contributed by atoms with van der Waals surface area (Å²) < 4.78 is 5.20. The number of para-hydroxylation sites is 1. The molecule has 2 aromatic carbocycles. The number of ether oxygens (including phenoxy) is 1. The van der Waals surface area contributed by atoms with Crippen LogP contribution in [0.2, 0.25) is 0 Å². The van der Waals surface area contributed by atoms with Gasteiger partial charge in [-0.25, -0.2) is 4.99 Å². The molecule has 0 spiro atoms. The van der Waals surface area contributed by atoms with Crippen LogP contribution in [0.4, 0.5) is 5.69 Å². The summed E-state index contributed by atoms with van der Waals surface area (Å²) in [5.74, 6) is 0.860. The number of anilines is 1. The largest absolute Gasteiger partial charge is 0.380 e. The molecule has 0 bridgehead atoms. The van der Waals surface area contributed by atoms with Gasteiger partial charge < -0.3 is 20.3 Å². The van der Waals surface area contributed by atoms with E-state index < -0.39 is 0 Å². The zero-order chi connectivity index (χ0) is 19.8. The number of hydrogen-bond donors (Lipinski definition) is 2. The molecule has 1 atom stereocenters. The van der Waals surface area contributed by atoms with Crippen LogP contribution in [0.1, 0.15) is 24.5 Å². The Morgan fingerprint density at radius 1 is 1.18 bits per heavy atom. The fourth-order valence-corrected chi connectivity index (χ4v) is 3.33. The topological polar surface area (TPSA) is 66.0 Å². The van der Waals surface area contributed by atoms with Gasteiger partial charge in [-0.3, -0.25) is 4.79 Å². The first kappa shape index (κ1) is 19.9. The summed E-state index contributed by atoms with van der Waals surface area (Å²) in [4.78, 5) is 18.9. The molecule has 1 saturated heterocycles. The maximum absolute atomic E-state index is 12.4. The van der Waals surface area contributed by atoms with Crippen molar-refractivity contribution in [2.24, 2.45) is 4.99 Å². The Bertz CT molecular complexity index is 807. The minimum absolute atomic E-state index is 0.0327. The second-order valence-corrected chi connectivity index (χ2v) is 6.83. The van der Waals surface area contributed by atoms with Crippen molar-refractivity contribution < 1.29 is 9.53 Å². The van der Waals surface area contributed by atoms with E-state index in [1.807, 2.05) is 54.3 Å². The summed E-state index contributed by atoms with van der Waals surface area (Å²) in [5, 5.41) is 6.68. The first-order chi connectivity index (χ1) is 13.7. The zero-order valence-electron chi connectivity index (χ0n) is 16.5. The second kappa shape index (κ2) is 9.90. The van der Waals surface area contributed by atoms with E-state index in [1.165, 1.54) is 0 Å². The molecule has 0 aliphatic carbocycles. The van der Waals surface area contributed by atoms with Crippen molar-refractivity contribution in [3.63, 3.8) is 0 Å². The molecule has 0 aromatic heterocycles. The SMILES string of the molecule is CCNC(=NCc1cccc(COC)c1)NC1CC(=O)N(c2ccccc2)C1. The van der Waals surface area contributed by atoms with Gasteiger partial charge in [0.15, 0.2) is 5.96 Å². The molecule has 3 rings (SSSR count). The third-order valence-corrected chi connectivity index (χ3v) is 4.60. The van der Waals surface area contributed by atoms with Gasteiger partial charge in [0.1, 0.15) is 0 Å². The fraction of sp³-hybridized carbons (Fsp3) is 0.364. The van der Waals surface area contributed by atoms with Gasteiger partial charge in [-0.05, 0) is 30.2 Å². The normalized spacial score (nSPS) is 17.1. The van der Waals surface area contributed by atoms with Gasteiger partial charge in [0, 0.05) is 32.3 Å². The van der Waals surface area contributed by atoms with E-state index in [4.69, 9.17) is 9.73 Å². The predicted molar refractivity (Wildman–Crippen MR) is 112 cm³/mol. The van der Waals surface area contributed by atoms with Gasteiger partial charge >= 0.3 is 0 Å². The van der Waals surface area contributed by atoms with Gasteiger partial charge in [-0.15, -0.1) is 0 Å². The van der Waals surface area contributed by atoms with Gasteiger partial charge in [-0.1, -0.05) is 42.5 Å². The van der Waals surface area contributed by atoms with Crippen LogP contribution < -0.4 is 15.5 Å². The standard InChI is InChI=1S/C22H28N4O2/c1-3-23-22(24-14-17-8-7-9-18(12-17)16-28-2)25-19-13-21(27)26(15-19)20-10-5-4-6-11-20/h4-12,19H,3,13-16H2,1-2H3,(H2,23,24,25). The first-order valence-electron chi connectivity index (χ1n) is 9.66. The lowest BCUT2D eigenvalue weighted by molar-refractivity contribution is -0.117. The van der Waals surface area contributed by atoms with E-state index in [0.717, 1.165) is 29.3 Å². The molecule has 1 heterocycles. The minimum atomic E-state index is 0.0327. The molecule has 1 aliphatic rings. The Morgan fingerprint density at radius 3 is 2.71 bits per heavy atom. The van der Waals surface area contributed by atoms with Crippen LogP contribution in [-0.2, 0) is 22.7 Å². The molecular weight excluding hydrogens is 352 g/mol. The number of guanidine groups is 1. The Labute approximate surface area is 166 Å². The van der Waals surface area contributed by atoms with E-state index >= 15 is 0 Å². The molecule has 0 radical (unpaired) electrons. The smallest absolute Gasteiger partial charge is 0.229 e.